The summed E-state index contributed by atoms with van der Waals surface area (Å²) in [6.07, 6.45) is 2.18. The zero-order valence-electron chi connectivity index (χ0n) is 9.56. The number of Topliss-reactive ketones (excluding diaryl/α,β-unsaturated/α-hetero) is 1. The van der Waals surface area contributed by atoms with Crippen LogP contribution in [0.5, 0.6) is 0 Å². The Bertz CT molecular complexity index is 500. The number of ketones is 1. The van der Waals surface area contributed by atoms with Gasteiger partial charge in [-0.15, -0.1) is 0 Å². The number of carbonyl (C=O) groups is 1. The highest BCUT2D eigenvalue weighted by molar-refractivity contribution is 6.31. The number of carbonyl (C=O) groups excluding carboxylic acids is 1. The van der Waals surface area contributed by atoms with Crippen molar-refractivity contribution < 1.29 is 4.79 Å². The summed E-state index contributed by atoms with van der Waals surface area (Å²) in [5.41, 5.74) is 1.53. The molecule has 2 rings (SSSR count). The fourth-order valence-electron chi connectivity index (χ4n) is 1.59. The molecule has 0 saturated carbocycles. The van der Waals surface area contributed by atoms with Crippen LogP contribution in [0.1, 0.15) is 22.5 Å². The number of rotatable bonds is 4. The van der Waals surface area contributed by atoms with E-state index in [4.69, 9.17) is 11.6 Å². The SMILES string of the molecule is Cc1nn(CCC(=O)c2ccccc2)cc1Cl. The molecule has 4 heteroatoms. The quantitative estimate of drug-likeness (QED) is 0.780. The van der Waals surface area contributed by atoms with E-state index in [-0.39, 0.29) is 5.78 Å². The molecule has 88 valence electrons. The Kier molecular flexibility index (Phi) is 3.59. The molecule has 0 fully saturated rings. The number of benzene rings is 1. The molecule has 0 bridgehead atoms. The fourth-order valence-corrected chi connectivity index (χ4v) is 1.74. The van der Waals surface area contributed by atoms with E-state index in [0.717, 1.165) is 11.3 Å². The minimum Gasteiger partial charge on any atom is -0.294 e. The van der Waals surface area contributed by atoms with Crippen molar-refractivity contribution in [1.82, 2.24) is 9.78 Å². The molecule has 0 amide bonds. The van der Waals surface area contributed by atoms with Gasteiger partial charge in [0.05, 0.1) is 10.7 Å². The van der Waals surface area contributed by atoms with Gasteiger partial charge in [0.2, 0.25) is 0 Å². The molecule has 0 aliphatic carbocycles. The van der Waals surface area contributed by atoms with Gasteiger partial charge in [-0.05, 0) is 6.92 Å². The zero-order valence-corrected chi connectivity index (χ0v) is 10.3. The van der Waals surface area contributed by atoms with Crippen LogP contribution < -0.4 is 0 Å². The van der Waals surface area contributed by atoms with Gasteiger partial charge in [-0.1, -0.05) is 41.9 Å². The lowest BCUT2D eigenvalue weighted by atomic mass is 10.1. The van der Waals surface area contributed by atoms with Crippen molar-refractivity contribution >= 4 is 17.4 Å². The van der Waals surface area contributed by atoms with Crippen molar-refractivity contribution in [3.05, 3.63) is 52.8 Å². The van der Waals surface area contributed by atoms with Crippen LogP contribution >= 0.6 is 11.6 Å². The predicted octanol–water partition coefficient (Wildman–Crippen LogP) is 3.12. The molecule has 0 saturated heterocycles. The van der Waals surface area contributed by atoms with Crippen molar-refractivity contribution in [3.63, 3.8) is 0 Å². The van der Waals surface area contributed by atoms with Gasteiger partial charge in [0.15, 0.2) is 5.78 Å². The Labute approximate surface area is 105 Å². The number of nitrogens with zero attached hydrogens (tertiary/aromatic N) is 2. The van der Waals surface area contributed by atoms with Crippen LogP contribution in [0.3, 0.4) is 0 Å². The summed E-state index contributed by atoms with van der Waals surface area (Å²) in [5, 5.41) is 4.84. The third kappa shape index (κ3) is 2.94. The van der Waals surface area contributed by atoms with Gasteiger partial charge in [-0.25, -0.2) is 0 Å². The Morgan fingerprint density at radius 1 is 1.35 bits per heavy atom. The summed E-state index contributed by atoms with van der Waals surface area (Å²) >= 11 is 5.89. The van der Waals surface area contributed by atoms with Crippen LogP contribution in [0.15, 0.2) is 36.5 Å². The van der Waals surface area contributed by atoms with E-state index in [0.29, 0.717) is 18.0 Å². The highest BCUT2D eigenvalue weighted by atomic mass is 35.5. The maximum atomic E-state index is 11.8. The van der Waals surface area contributed by atoms with Crippen molar-refractivity contribution in [2.24, 2.45) is 0 Å². The summed E-state index contributed by atoms with van der Waals surface area (Å²) < 4.78 is 1.71. The van der Waals surface area contributed by atoms with E-state index >= 15 is 0 Å². The Morgan fingerprint density at radius 2 is 2.06 bits per heavy atom. The van der Waals surface area contributed by atoms with Crippen LogP contribution in [0.2, 0.25) is 5.02 Å². The molecule has 1 heterocycles. The first-order chi connectivity index (χ1) is 8.16. The molecule has 0 aliphatic rings. The second kappa shape index (κ2) is 5.15. The molecule has 0 N–H and O–H groups in total. The molecule has 0 atom stereocenters. The van der Waals surface area contributed by atoms with Crippen LogP contribution in [-0.4, -0.2) is 15.6 Å². The van der Waals surface area contributed by atoms with Crippen molar-refractivity contribution in [1.29, 1.82) is 0 Å². The first kappa shape index (κ1) is 11.9. The van der Waals surface area contributed by atoms with E-state index in [9.17, 15) is 4.79 Å². The molecule has 0 unspecified atom stereocenters. The van der Waals surface area contributed by atoms with E-state index in [1.807, 2.05) is 37.3 Å². The van der Waals surface area contributed by atoms with Gasteiger partial charge in [-0.3, -0.25) is 9.48 Å². The summed E-state index contributed by atoms with van der Waals surface area (Å²) in [6.45, 7) is 2.40. The summed E-state index contributed by atoms with van der Waals surface area (Å²) in [7, 11) is 0. The second-order valence-corrected chi connectivity index (χ2v) is 4.27. The lowest BCUT2D eigenvalue weighted by molar-refractivity contribution is 0.0975. The average molecular weight is 249 g/mol. The second-order valence-electron chi connectivity index (χ2n) is 3.86. The van der Waals surface area contributed by atoms with Crippen LogP contribution in [-0.2, 0) is 6.54 Å². The third-order valence-corrected chi connectivity index (χ3v) is 2.92. The Balaban J connectivity index is 1.97. The van der Waals surface area contributed by atoms with Crippen LogP contribution in [0.25, 0.3) is 0 Å². The van der Waals surface area contributed by atoms with E-state index in [2.05, 4.69) is 5.10 Å². The van der Waals surface area contributed by atoms with Crippen LogP contribution in [0.4, 0.5) is 0 Å². The molecule has 3 nitrogen and oxygen atoms in total. The van der Waals surface area contributed by atoms with Gasteiger partial charge in [0, 0.05) is 24.7 Å². The maximum absolute atomic E-state index is 11.8. The molecule has 17 heavy (non-hydrogen) atoms. The summed E-state index contributed by atoms with van der Waals surface area (Å²) in [4.78, 5) is 11.8. The first-order valence-electron chi connectivity index (χ1n) is 5.44. The number of halogens is 1. The minimum atomic E-state index is 0.120. The number of aromatic nitrogens is 2. The van der Waals surface area contributed by atoms with Crippen molar-refractivity contribution in [2.75, 3.05) is 0 Å². The molecule has 1 aromatic carbocycles. The molecule has 0 aliphatic heterocycles. The van der Waals surface area contributed by atoms with E-state index in [1.165, 1.54) is 0 Å². The highest BCUT2D eigenvalue weighted by Gasteiger charge is 2.07. The van der Waals surface area contributed by atoms with E-state index in [1.54, 1.807) is 10.9 Å². The molecular weight excluding hydrogens is 236 g/mol. The standard InChI is InChI=1S/C13H13ClN2O/c1-10-12(14)9-16(15-10)8-7-13(17)11-5-3-2-4-6-11/h2-6,9H,7-8H2,1H3. The topological polar surface area (TPSA) is 34.9 Å². The third-order valence-electron chi connectivity index (χ3n) is 2.55. The predicted molar refractivity (Wildman–Crippen MR) is 67.4 cm³/mol. The zero-order chi connectivity index (χ0) is 12.3. The van der Waals surface area contributed by atoms with Crippen LogP contribution in [0, 0.1) is 6.92 Å². The lowest BCUT2D eigenvalue weighted by Gasteiger charge is -2.01. The molecular formula is C13H13ClN2O. The molecule has 0 spiro atoms. The largest absolute Gasteiger partial charge is 0.294 e. The van der Waals surface area contributed by atoms with Gasteiger partial charge in [0.1, 0.15) is 0 Å². The normalized spacial score (nSPS) is 10.5. The smallest absolute Gasteiger partial charge is 0.164 e. The van der Waals surface area contributed by atoms with Crippen molar-refractivity contribution in [3.8, 4) is 0 Å². The Hall–Kier alpha value is -1.61. The first-order valence-corrected chi connectivity index (χ1v) is 5.82. The maximum Gasteiger partial charge on any atom is 0.164 e. The van der Waals surface area contributed by atoms with E-state index < -0.39 is 0 Å². The average Bonchev–Trinajstić information content (AvgIpc) is 2.67. The Morgan fingerprint density at radius 3 is 2.65 bits per heavy atom. The van der Waals surface area contributed by atoms with Gasteiger partial charge in [-0.2, -0.15) is 5.10 Å². The van der Waals surface area contributed by atoms with Gasteiger partial charge in [0.25, 0.3) is 0 Å². The number of hydrogen-bond donors (Lipinski definition) is 0. The lowest BCUT2D eigenvalue weighted by Crippen LogP contribution is -2.06. The highest BCUT2D eigenvalue weighted by Crippen LogP contribution is 2.12. The molecule has 1 aromatic heterocycles. The fraction of sp³-hybridized carbons (Fsp3) is 0.231. The number of hydrogen-bond acceptors (Lipinski definition) is 2. The summed E-state index contributed by atoms with van der Waals surface area (Å²) in [6, 6.07) is 9.27. The monoisotopic (exact) mass is 248 g/mol. The number of aryl methyl sites for hydroxylation is 2. The van der Waals surface area contributed by atoms with Gasteiger partial charge >= 0.3 is 0 Å². The van der Waals surface area contributed by atoms with Crippen molar-refractivity contribution in [2.45, 2.75) is 19.9 Å². The minimum absolute atomic E-state index is 0.120. The molecule has 0 radical (unpaired) electrons. The van der Waals surface area contributed by atoms with Gasteiger partial charge < -0.3 is 0 Å². The summed E-state index contributed by atoms with van der Waals surface area (Å²) in [5.74, 6) is 0.120. The molecule has 2 aromatic rings.